The number of thiazole rings is 1. The van der Waals surface area contributed by atoms with E-state index < -0.39 is 22.0 Å². The Morgan fingerprint density at radius 1 is 1.41 bits per heavy atom. The molecule has 0 saturated heterocycles. The Bertz CT molecular complexity index is 780. The summed E-state index contributed by atoms with van der Waals surface area (Å²) in [5.74, 6) is -1.15. The van der Waals surface area contributed by atoms with E-state index in [4.69, 9.17) is 5.11 Å². The van der Waals surface area contributed by atoms with Gasteiger partial charge in [0.1, 0.15) is 5.01 Å². The van der Waals surface area contributed by atoms with Crippen LogP contribution in [0.5, 0.6) is 0 Å². The van der Waals surface area contributed by atoms with Crippen molar-refractivity contribution in [3.63, 3.8) is 0 Å². The Kier molecular flexibility index (Phi) is 4.58. The Labute approximate surface area is 131 Å². The monoisotopic (exact) mass is 345 g/mol. The van der Waals surface area contributed by atoms with Gasteiger partial charge in [-0.25, -0.2) is 27.6 Å². The number of aromatic nitrogens is 4. The van der Waals surface area contributed by atoms with Crippen LogP contribution in [-0.4, -0.2) is 39.5 Å². The van der Waals surface area contributed by atoms with E-state index in [9.17, 15) is 13.2 Å². The highest BCUT2D eigenvalue weighted by Crippen LogP contribution is 2.21. The first-order valence-corrected chi connectivity index (χ1v) is 8.70. The number of nitrogens with zero attached hydrogens (tertiary/aromatic N) is 4. The van der Waals surface area contributed by atoms with Crippen LogP contribution in [0.25, 0.3) is 0 Å². The summed E-state index contributed by atoms with van der Waals surface area (Å²) >= 11 is 1.08. The Morgan fingerprint density at radius 3 is 2.64 bits per heavy atom. The zero-order chi connectivity index (χ0) is 16.5. The van der Waals surface area contributed by atoms with Crippen LogP contribution in [0, 0.1) is 0 Å². The number of sulfonamides is 1. The minimum atomic E-state index is -3.84. The highest BCUT2D eigenvalue weighted by Gasteiger charge is 2.26. The second-order valence-electron chi connectivity index (χ2n) is 4.83. The fraction of sp³-hybridized carbons (Fsp3) is 0.455. The molecule has 0 bridgehead atoms. The first-order valence-electron chi connectivity index (χ1n) is 6.33. The molecule has 0 amide bonds. The summed E-state index contributed by atoms with van der Waals surface area (Å²) in [5, 5.41) is 17.9. The maximum absolute atomic E-state index is 12.4. The summed E-state index contributed by atoms with van der Waals surface area (Å²) in [5.41, 5.74) is -0.111. The predicted octanol–water partition coefficient (Wildman–Crippen LogP) is 1.05. The van der Waals surface area contributed by atoms with Gasteiger partial charge in [0.15, 0.2) is 10.7 Å². The molecule has 0 aliphatic heterocycles. The van der Waals surface area contributed by atoms with E-state index in [2.05, 4.69) is 20.0 Å². The molecule has 0 aromatic carbocycles. The lowest BCUT2D eigenvalue weighted by molar-refractivity contribution is 0.0691. The van der Waals surface area contributed by atoms with Gasteiger partial charge in [-0.05, 0) is 20.8 Å². The molecule has 9 nitrogen and oxygen atoms in total. The van der Waals surface area contributed by atoms with Gasteiger partial charge < -0.3 is 5.11 Å². The molecule has 0 radical (unpaired) electrons. The SMILES string of the molecule is CC(NS(=O)(=O)c1cnnn1C(C)C)c1nc(C(=O)O)cs1. The van der Waals surface area contributed by atoms with Crippen molar-refractivity contribution in [3.05, 3.63) is 22.3 Å². The van der Waals surface area contributed by atoms with Crippen molar-refractivity contribution in [1.29, 1.82) is 0 Å². The standard InChI is InChI=1S/C11H15N5O4S2/c1-6(2)16-9(4-12-15-16)22(19,20)14-7(3)10-13-8(5-21-10)11(17)18/h4-7,14H,1-3H3,(H,17,18). The highest BCUT2D eigenvalue weighted by molar-refractivity contribution is 7.89. The molecule has 0 saturated carbocycles. The normalized spacial score (nSPS) is 13.5. The molecule has 0 fully saturated rings. The minimum Gasteiger partial charge on any atom is -0.476 e. The van der Waals surface area contributed by atoms with Crippen LogP contribution in [0.3, 0.4) is 0 Å². The lowest BCUT2D eigenvalue weighted by Gasteiger charge is -2.14. The summed E-state index contributed by atoms with van der Waals surface area (Å²) in [6, 6.07) is -0.832. The summed E-state index contributed by atoms with van der Waals surface area (Å²) in [4.78, 5) is 14.7. The fourth-order valence-corrected chi connectivity index (χ4v) is 3.96. The highest BCUT2D eigenvalue weighted by atomic mass is 32.2. The average Bonchev–Trinajstić information content (AvgIpc) is 3.08. The maximum atomic E-state index is 12.4. The second-order valence-corrected chi connectivity index (χ2v) is 7.38. The fourth-order valence-electron chi connectivity index (χ4n) is 1.71. The van der Waals surface area contributed by atoms with E-state index in [1.165, 1.54) is 16.3 Å². The van der Waals surface area contributed by atoms with E-state index >= 15 is 0 Å². The van der Waals surface area contributed by atoms with Crippen molar-refractivity contribution in [2.75, 3.05) is 0 Å². The van der Waals surface area contributed by atoms with Crippen molar-refractivity contribution in [2.24, 2.45) is 0 Å². The number of rotatable bonds is 6. The van der Waals surface area contributed by atoms with Crippen LogP contribution in [0.15, 0.2) is 16.6 Å². The van der Waals surface area contributed by atoms with Crippen LogP contribution in [-0.2, 0) is 10.0 Å². The predicted molar refractivity (Wildman–Crippen MR) is 78.2 cm³/mol. The zero-order valence-corrected chi connectivity index (χ0v) is 13.7. The van der Waals surface area contributed by atoms with Crippen molar-refractivity contribution < 1.29 is 18.3 Å². The molecule has 0 aliphatic rings. The van der Waals surface area contributed by atoms with Crippen LogP contribution in [0.2, 0.25) is 0 Å². The molecule has 0 spiro atoms. The molecule has 2 aromatic heterocycles. The van der Waals surface area contributed by atoms with Gasteiger partial charge in [-0.1, -0.05) is 5.21 Å². The molecule has 120 valence electrons. The number of carboxylic acids is 1. The van der Waals surface area contributed by atoms with Crippen LogP contribution in [0.4, 0.5) is 0 Å². The smallest absolute Gasteiger partial charge is 0.355 e. The lowest BCUT2D eigenvalue weighted by atomic mass is 10.4. The molecule has 2 rings (SSSR count). The first kappa shape index (κ1) is 16.5. The number of nitrogens with one attached hydrogen (secondary N) is 1. The quantitative estimate of drug-likeness (QED) is 0.801. The molecule has 1 unspecified atom stereocenters. The Balaban J connectivity index is 2.24. The van der Waals surface area contributed by atoms with E-state index in [1.807, 2.05) is 0 Å². The van der Waals surface area contributed by atoms with Crippen molar-refractivity contribution in [2.45, 2.75) is 37.9 Å². The second kappa shape index (κ2) is 6.10. The van der Waals surface area contributed by atoms with E-state index in [0.29, 0.717) is 5.01 Å². The molecule has 2 heterocycles. The van der Waals surface area contributed by atoms with Crippen molar-refractivity contribution in [1.82, 2.24) is 24.7 Å². The largest absolute Gasteiger partial charge is 0.476 e. The van der Waals surface area contributed by atoms with Crippen LogP contribution in [0.1, 0.15) is 48.4 Å². The zero-order valence-electron chi connectivity index (χ0n) is 12.1. The third-order valence-electron chi connectivity index (χ3n) is 2.75. The van der Waals surface area contributed by atoms with E-state index in [1.54, 1.807) is 20.8 Å². The van der Waals surface area contributed by atoms with E-state index in [-0.39, 0.29) is 16.8 Å². The topological polar surface area (TPSA) is 127 Å². The van der Waals surface area contributed by atoms with Crippen LogP contribution >= 0.6 is 11.3 Å². The van der Waals surface area contributed by atoms with Gasteiger partial charge in [0.25, 0.3) is 10.0 Å². The van der Waals surface area contributed by atoms with Crippen LogP contribution < -0.4 is 4.72 Å². The number of carboxylic acid groups (broad SMARTS) is 1. The maximum Gasteiger partial charge on any atom is 0.355 e. The number of hydrogen-bond donors (Lipinski definition) is 2. The number of hydrogen-bond acceptors (Lipinski definition) is 7. The van der Waals surface area contributed by atoms with Gasteiger partial charge in [-0.2, -0.15) is 0 Å². The van der Waals surface area contributed by atoms with Gasteiger partial charge in [0.05, 0.1) is 12.2 Å². The molecule has 0 aliphatic carbocycles. The first-order chi connectivity index (χ1) is 10.2. The molecule has 11 heteroatoms. The van der Waals surface area contributed by atoms with Crippen molar-refractivity contribution >= 4 is 27.3 Å². The Hall–Kier alpha value is -1.85. The lowest BCUT2D eigenvalue weighted by Crippen LogP contribution is -2.29. The average molecular weight is 345 g/mol. The number of carbonyl (C=O) groups is 1. The molecular weight excluding hydrogens is 330 g/mol. The van der Waals surface area contributed by atoms with Gasteiger partial charge in [0, 0.05) is 11.4 Å². The minimum absolute atomic E-state index is 0.0515. The molecule has 1 atom stereocenters. The molecule has 2 aromatic rings. The third kappa shape index (κ3) is 3.31. The Morgan fingerprint density at radius 2 is 2.09 bits per heavy atom. The van der Waals surface area contributed by atoms with Gasteiger partial charge in [0.2, 0.25) is 0 Å². The number of aromatic carboxylic acids is 1. The summed E-state index contributed by atoms with van der Waals surface area (Å²) in [6.45, 7) is 5.17. The van der Waals surface area contributed by atoms with Gasteiger partial charge in [-0.15, -0.1) is 16.4 Å². The summed E-state index contributed by atoms with van der Waals surface area (Å²) < 4.78 is 28.5. The molecule has 2 N–H and O–H groups in total. The summed E-state index contributed by atoms with van der Waals surface area (Å²) in [7, 11) is -3.84. The molecular formula is C11H15N5O4S2. The van der Waals surface area contributed by atoms with E-state index in [0.717, 1.165) is 11.3 Å². The van der Waals surface area contributed by atoms with Gasteiger partial charge >= 0.3 is 5.97 Å². The van der Waals surface area contributed by atoms with Crippen molar-refractivity contribution in [3.8, 4) is 0 Å². The van der Waals surface area contributed by atoms with Gasteiger partial charge in [-0.3, -0.25) is 0 Å². The third-order valence-corrected chi connectivity index (χ3v) is 5.28. The molecule has 22 heavy (non-hydrogen) atoms. The summed E-state index contributed by atoms with van der Waals surface area (Å²) in [6.07, 6.45) is 1.17.